The summed E-state index contributed by atoms with van der Waals surface area (Å²) in [6.45, 7) is 2.85. The van der Waals surface area contributed by atoms with Crippen molar-refractivity contribution in [3.8, 4) is 11.8 Å². The molecule has 0 aliphatic heterocycles. The average Bonchev–Trinajstić information content (AvgIpc) is 2.47. The predicted molar refractivity (Wildman–Crippen MR) is 85.0 cm³/mol. The van der Waals surface area contributed by atoms with Crippen molar-refractivity contribution in [1.29, 1.82) is 0 Å². The minimum atomic E-state index is -0.0906. The lowest BCUT2D eigenvalue weighted by Crippen LogP contribution is -2.26. The zero-order valence-electron chi connectivity index (χ0n) is 12.0. The molecule has 1 aromatic carbocycles. The number of nitrogens with one attached hydrogen (secondary N) is 1. The van der Waals surface area contributed by atoms with E-state index in [0.29, 0.717) is 29.3 Å². The Kier molecular flexibility index (Phi) is 7.86. The summed E-state index contributed by atoms with van der Waals surface area (Å²) >= 11 is 1.79. The standard InChI is InChI=1S/C16H21NO2S/c1-13(20-2)10-11-17-16(19)15-9-4-3-7-14(15)8-5-6-12-18/h3-4,7,9,13,18H,6,10-12H2,1-2H3,(H,17,19). The second kappa shape index (κ2) is 9.46. The second-order valence-corrected chi connectivity index (χ2v) is 5.69. The van der Waals surface area contributed by atoms with Gasteiger partial charge in [0.25, 0.3) is 5.91 Å². The lowest BCUT2D eigenvalue weighted by atomic mass is 10.1. The highest BCUT2D eigenvalue weighted by Crippen LogP contribution is 2.10. The third-order valence-corrected chi connectivity index (χ3v) is 3.91. The minimum Gasteiger partial charge on any atom is -0.395 e. The van der Waals surface area contributed by atoms with Crippen molar-refractivity contribution >= 4 is 17.7 Å². The Morgan fingerprint density at radius 2 is 2.20 bits per heavy atom. The van der Waals surface area contributed by atoms with Crippen LogP contribution in [0.25, 0.3) is 0 Å². The van der Waals surface area contributed by atoms with Crippen LogP contribution in [0.2, 0.25) is 0 Å². The molecule has 0 aromatic heterocycles. The molecule has 0 aliphatic rings. The number of hydrogen-bond donors (Lipinski definition) is 2. The average molecular weight is 291 g/mol. The topological polar surface area (TPSA) is 49.3 Å². The van der Waals surface area contributed by atoms with Crippen LogP contribution in [0.4, 0.5) is 0 Å². The van der Waals surface area contributed by atoms with Crippen LogP contribution in [-0.2, 0) is 0 Å². The molecule has 108 valence electrons. The summed E-state index contributed by atoms with van der Waals surface area (Å²) in [6, 6.07) is 7.28. The Morgan fingerprint density at radius 3 is 2.90 bits per heavy atom. The summed E-state index contributed by atoms with van der Waals surface area (Å²) in [6.07, 6.45) is 3.44. The van der Waals surface area contributed by atoms with Crippen molar-refractivity contribution in [2.24, 2.45) is 0 Å². The third kappa shape index (κ3) is 5.68. The van der Waals surface area contributed by atoms with Gasteiger partial charge in [0.2, 0.25) is 0 Å². The van der Waals surface area contributed by atoms with E-state index in [1.54, 1.807) is 17.8 Å². The maximum atomic E-state index is 12.1. The van der Waals surface area contributed by atoms with Gasteiger partial charge in [0.15, 0.2) is 0 Å². The molecule has 0 saturated heterocycles. The molecule has 2 N–H and O–H groups in total. The van der Waals surface area contributed by atoms with E-state index in [4.69, 9.17) is 5.11 Å². The van der Waals surface area contributed by atoms with Crippen molar-refractivity contribution in [2.75, 3.05) is 19.4 Å². The molecule has 4 heteroatoms. The number of carbonyl (C=O) groups excluding carboxylic acids is 1. The molecule has 0 aliphatic carbocycles. The Bertz CT molecular complexity index is 491. The maximum absolute atomic E-state index is 12.1. The van der Waals surface area contributed by atoms with Gasteiger partial charge in [-0.3, -0.25) is 4.79 Å². The normalized spacial score (nSPS) is 11.3. The molecule has 1 atom stereocenters. The van der Waals surface area contributed by atoms with E-state index in [-0.39, 0.29) is 12.5 Å². The van der Waals surface area contributed by atoms with Crippen molar-refractivity contribution in [2.45, 2.75) is 25.0 Å². The molecule has 20 heavy (non-hydrogen) atoms. The first kappa shape index (κ1) is 16.6. The number of benzene rings is 1. The van der Waals surface area contributed by atoms with Crippen LogP contribution >= 0.6 is 11.8 Å². The minimum absolute atomic E-state index is 0.0357. The molecule has 0 fully saturated rings. The number of hydrogen-bond acceptors (Lipinski definition) is 3. The first-order valence-corrected chi connectivity index (χ1v) is 7.97. The highest BCUT2D eigenvalue weighted by Gasteiger charge is 2.09. The van der Waals surface area contributed by atoms with E-state index in [0.717, 1.165) is 6.42 Å². The molecule has 0 radical (unpaired) electrons. The summed E-state index contributed by atoms with van der Waals surface area (Å²) in [7, 11) is 0. The van der Waals surface area contributed by atoms with Gasteiger partial charge in [0, 0.05) is 23.8 Å². The molecular formula is C16H21NO2S. The number of thioether (sulfide) groups is 1. The fourth-order valence-corrected chi connectivity index (χ4v) is 1.96. The number of carbonyl (C=O) groups is 1. The van der Waals surface area contributed by atoms with Crippen LogP contribution < -0.4 is 5.32 Å². The maximum Gasteiger partial charge on any atom is 0.252 e. The van der Waals surface area contributed by atoms with Crippen LogP contribution in [0.15, 0.2) is 24.3 Å². The number of rotatable bonds is 6. The Balaban J connectivity index is 2.66. The first-order valence-electron chi connectivity index (χ1n) is 6.68. The zero-order valence-corrected chi connectivity index (χ0v) is 12.8. The van der Waals surface area contributed by atoms with Crippen LogP contribution in [-0.4, -0.2) is 35.7 Å². The van der Waals surface area contributed by atoms with Gasteiger partial charge in [-0.25, -0.2) is 0 Å². The van der Waals surface area contributed by atoms with E-state index < -0.39 is 0 Å². The first-order chi connectivity index (χ1) is 9.69. The van der Waals surface area contributed by atoms with Gasteiger partial charge in [-0.1, -0.05) is 30.9 Å². The Morgan fingerprint density at radius 1 is 1.45 bits per heavy atom. The van der Waals surface area contributed by atoms with E-state index >= 15 is 0 Å². The van der Waals surface area contributed by atoms with E-state index in [2.05, 4.69) is 30.3 Å². The number of aliphatic hydroxyl groups excluding tert-OH is 1. The molecule has 0 bridgehead atoms. The third-order valence-electron chi connectivity index (χ3n) is 2.87. The monoisotopic (exact) mass is 291 g/mol. The van der Waals surface area contributed by atoms with Crippen LogP contribution in [0.5, 0.6) is 0 Å². The molecular weight excluding hydrogens is 270 g/mol. The highest BCUT2D eigenvalue weighted by atomic mass is 32.2. The van der Waals surface area contributed by atoms with E-state index in [1.165, 1.54) is 0 Å². The van der Waals surface area contributed by atoms with Gasteiger partial charge in [-0.2, -0.15) is 11.8 Å². The molecule has 1 aromatic rings. The lowest BCUT2D eigenvalue weighted by molar-refractivity contribution is 0.0953. The summed E-state index contributed by atoms with van der Waals surface area (Å²) < 4.78 is 0. The zero-order chi connectivity index (χ0) is 14.8. The van der Waals surface area contributed by atoms with Gasteiger partial charge < -0.3 is 10.4 Å². The van der Waals surface area contributed by atoms with Crippen molar-refractivity contribution < 1.29 is 9.90 Å². The smallest absolute Gasteiger partial charge is 0.252 e. The van der Waals surface area contributed by atoms with Gasteiger partial charge in [-0.15, -0.1) is 0 Å². The quantitative estimate of drug-likeness (QED) is 0.791. The molecule has 0 spiro atoms. The molecule has 1 unspecified atom stereocenters. The highest BCUT2D eigenvalue weighted by molar-refractivity contribution is 7.99. The summed E-state index contributed by atoms with van der Waals surface area (Å²) in [4.78, 5) is 12.1. The Labute approximate surface area is 125 Å². The number of aliphatic hydroxyl groups is 1. The predicted octanol–water partition coefficient (Wildman–Crippen LogP) is 2.29. The van der Waals surface area contributed by atoms with Gasteiger partial charge in [-0.05, 0) is 24.8 Å². The van der Waals surface area contributed by atoms with E-state index in [9.17, 15) is 4.79 Å². The van der Waals surface area contributed by atoms with Crippen LogP contribution in [0.1, 0.15) is 35.7 Å². The van der Waals surface area contributed by atoms with E-state index in [1.807, 2.05) is 18.2 Å². The van der Waals surface area contributed by atoms with Crippen molar-refractivity contribution in [1.82, 2.24) is 5.32 Å². The molecule has 0 saturated carbocycles. The fraction of sp³-hybridized carbons (Fsp3) is 0.438. The van der Waals surface area contributed by atoms with Gasteiger partial charge >= 0.3 is 0 Å². The second-order valence-electron chi connectivity index (χ2n) is 4.41. The van der Waals surface area contributed by atoms with Crippen LogP contribution in [0, 0.1) is 11.8 Å². The number of amides is 1. The molecule has 3 nitrogen and oxygen atoms in total. The largest absolute Gasteiger partial charge is 0.395 e. The summed E-state index contributed by atoms with van der Waals surface area (Å²) in [5.41, 5.74) is 1.30. The fourth-order valence-electron chi connectivity index (χ4n) is 1.61. The van der Waals surface area contributed by atoms with Gasteiger partial charge in [0.1, 0.15) is 0 Å². The Hall–Kier alpha value is -1.44. The molecule has 0 heterocycles. The summed E-state index contributed by atoms with van der Waals surface area (Å²) in [5.74, 6) is 5.69. The lowest BCUT2D eigenvalue weighted by Gasteiger charge is -2.10. The molecule has 1 rings (SSSR count). The SMILES string of the molecule is CSC(C)CCNC(=O)c1ccccc1C#CCCO. The van der Waals surface area contributed by atoms with Crippen molar-refractivity contribution in [3.05, 3.63) is 35.4 Å². The summed E-state index contributed by atoms with van der Waals surface area (Å²) in [5, 5.41) is 12.2. The van der Waals surface area contributed by atoms with Crippen LogP contribution in [0.3, 0.4) is 0 Å². The van der Waals surface area contributed by atoms with Crippen molar-refractivity contribution in [3.63, 3.8) is 0 Å². The van der Waals surface area contributed by atoms with Gasteiger partial charge in [0.05, 0.1) is 12.2 Å². The molecule has 1 amide bonds.